The molecule has 34 heavy (non-hydrogen) atoms. The molecule has 1 fully saturated rings. The second-order valence-electron chi connectivity index (χ2n) is 10.9. The Kier molecular flexibility index (Phi) is 13.2. The molecule has 8 heteroatoms. The maximum Gasteiger partial charge on any atom is 0.333 e. The molecule has 200 valence electrons. The number of rotatable bonds is 14. The van der Waals surface area contributed by atoms with Gasteiger partial charge in [0, 0.05) is 6.08 Å². The molecule has 0 aromatic carbocycles. The van der Waals surface area contributed by atoms with Gasteiger partial charge in [0.05, 0.1) is 0 Å². The van der Waals surface area contributed by atoms with Gasteiger partial charge < -0.3 is 35.4 Å². The molecule has 0 amide bonds. The molecule has 1 aliphatic rings. The predicted octanol–water partition coefficient (Wildman–Crippen LogP) is 2.42. The molecular weight excluding hydrogens is 440 g/mol. The van der Waals surface area contributed by atoms with Crippen LogP contribution >= 0.6 is 0 Å². The number of allylic oxidation sites excluding steroid dienone is 1. The molecule has 0 aromatic rings. The molecule has 8 nitrogen and oxygen atoms in total. The molecule has 1 rings (SSSR count). The van der Waals surface area contributed by atoms with Gasteiger partial charge in [-0.2, -0.15) is 0 Å². The Morgan fingerprint density at radius 1 is 0.794 bits per heavy atom. The Bertz CT molecular complexity index is 618. The molecule has 0 saturated heterocycles. The summed E-state index contributed by atoms with van der Waals surface area (Å²) in [5, 5.41) is 59.4. The van der Waals surface area contributed by atoms with Gasteiger partial charge in [0.25, 0.3) is 5.79 Å². The first-order valence-corrected chi connectivity index (χ1v) is 12.8. The van der Waals surface area contributed by atoms with Gasteiger partial charge in [0.2, 0.25) is 0 Å². The fourth-order valence-electron chi connectivity index (χ4n) is 4.53. The minimum absolute atomic E-state index is 0.588. The summed E-state index contributed by atoms with van der Waals surface area (Å²) in [5.41, 5.74) is 0.709. The highest BCUT2D eigenvalue weighted by Crippen LogP contribution is 2.32. The zero-order valence-corrected chi connectivity index (χ0v) is 21.6. The number of aliphatic hydroxyl groups is 6. The van der Waals surface area contributed by atoms with E-state index in [4.69, 9.17) is 4.74 Å². The molecule has 0 aliphatic heterocycles. The lowest BCUT2D eigenvalue weighted by atomic mass is 9.82. The van der Waals surface area contributed by atoms with Crippen LogP contribution in [0.25, 0.3) is 0 Å². The Balaban J connectivity index is 2.38. The van der Waals surface area contributed by atoms with Crippen LogP contribution in [0.1, 0.15) is 92.4 Å². The summed E-state index contributed by atoms with van der Waals surface area (Å²) in [4.78, 5) is 12.2. The predicted molar refractivity (Wildman–Crippen MR) is 130 cm³/mol. The van der Waals surface area contributed by atoms with Crippen LogP contribution in [0.3, 0.4) is 0 Å². The molecule has 1 saturated carbocycles. The largest absolute Gasteiger partial charge is 0.424 e. The second kappa shape index (κ2) is 14.5. The van der Waals surface area contributed by atoms with Crippen molar-refractivity contribution in [2.24, 2.45) is 17.8 Å². The lowest BCUT2D eigenvalue weighted by Gasteiger charge is -2.46. The number of esters is 1. The Labute approximate surface area is 204 Å². The van der Waals surface area contributed by atoms with Crippen molar-refractivity contribution in [2.45, 2.75) is 129 Å². The minimum Gasteiger partial charge on any atom is -0.424 e. The van der Waals surface area contributed by atoms with Crippen LogP contribution in [0.2, 0.25) is 0 Å². The first-order valence-electron chi connectivity index (χ1n) is 12.8. The first-order chi connectivity index (χ1) is 15.8. The van der Waals surface area contributed by atoms with Gasteiger partial charge in [-0.3, -0.25) is 0 Å². The molecule has 0 heterocycles. The molecule has 1 aliphatic carbocycles. The van der Waals surface area contributed by atoms with Gasteiger partial charge in [0.15, 0.2) is 12.2 Å². The SMILES string of the molecule is C/C(=C\C(=O)O[C@]1(O)[C@H](O)[C@H](O)[C@@H](O)[C@H](O)[C@H]1O)CCC[C@H](C)CCC[C@H](C)CCCC(C)C. The van der Waals surface area contributed by atoms with Gasteiger partial charge in [-0.1, -0.05) is 78.2 Å². The lowest BCUT2D eigenvalue weighted by molar-refractivity contribution is -0.346. The third-order valence-corrected chi connectivity index (χ3v) is 6.96. The van der Waals surface area contributed by atoms with Crippen LogP contribution < -0.4 is 0 Å². The normalized spacial score (nSPS) is 32.0. The minimum atomic E-state index is -2.94. The smallest absolute Gasteiger partial charge is 0.333 e. The third-order valence-electron chi connectivity index (χ3n) is 6.96. The lowest BCUT2D eigenvalue weighted by Crippen LogP contribution is -2.72. The van der Waals surface area contributed by atoms with Gasteiger partial charge in [-0.05, 0) is 37.5 Å². The van der Waals surface area contributed by atoms with E-state index in [0.29, 0.717) is 17.9 Å². The molecule has 8 atom stereocenters. The molecule has 0 spiro atoms. The fraction of sp³-hybridized carbons (Fsp3) is 0.885. The molecule has 0 aromatic heterocycles. The maximum absolute atomic E-state index is 12.2. The van der Waals surface area contributed by atoms with Crippen molar-refractivity contribution in [3.05, 3.63) is 11.6 Å². The van der Waals surface area contributed by atoms with Gasteiger partial charge >= 0.3 is 5.97 Å². The van der Waals surface area contributed by atoms with E-state index in [1.54, 1.807) is 6.92 Å². The fourth-order valence-corrected chi connectivity index (χ4v) is 4.53. The van der Waals surface area contributed by atoms with E-state index in [1.807, 2.05) is 0 Å². The van der Waals surface area contributed by atoms with Crippen LogP contribution in [-0.2, 0) is 9.53 Å². The van der Waals surface area contributed by atoms with E-state index in [2.05, 4.69) is 27.7 Å². The summed E-state index contributed by atoms with van der Waals surface area (Å²) in [6, 6.07) is 0. The summed E-state index contributed by atoms with van der Waals surface area (Å²) in [6.45, 7) is 10.9. The van der Waals surface area contributed by atoms with E-state index >= 15 is 0 Å². The number of hydrogen-bond acceptors (Lipinski definition) is 8. The first kappa shape index (κ1) is 31.0. The molecule has 0 unspecified atom stereocenters. The van der Waals surface area contributed by atoms with Crippen LogP contribution in [0, 0.1) is 17.8 Å². The van der Waals surface area contributed by atoms with Gasteiger partial charge in [0.1, 0.15) is 18.3 Å². The van der Waals surface area contributed by atoms with Crippen LogP contribution in [0.4, 0.5) is 0 Å². The average molecular weight is 489 g/mol. The summed E-state index contributed by atoms with van der Waals surface area (Å²) < 4.78 is 4.82. The molecule has 6 N–H and O–H groups in total. The average Bonchev–Trinajstić information content (AvgIpc) is 2.75. The van der Waals surface area contributed by atoms with Crippen molar-refractivity contribution in [1.82, 2.24) is 0 Å². The van der Waals surface area contributed by atoms with Crippen molar-refractivity contribution in [1.29, 1.82) is 0 Å². The van der Waals surface area contributed by atoms with Crippen LogP contribution in [0.5, 0.6) is 0 Å². The number of carbonyl (C=O) groups excluding carboxylic acids is 1. The summed E-state index contributed by atoms with van der Waals surface area (Å²) in [7, 11) is 0. The van der Waals surface area contributed by atoms with Crippen LogP contribution in [-0.4, -0.2) is 72.9 Å². The third kappa shape index (κ3) is 9.55. The number of ether oxygens (including phenoxy) is 1. The number of hydrogen-bond donors (Lipinski definition) is 6. The van der Waals surface area contributed by atoms with Gasteiger partial charge in [-0.25, -0.2) is 4.79 Å². The van der Waals surface area contributed by atoms with E-state index in [-0.39, 0.29) is 0 Å². The second-order valence-corrected chi connectivity index (χ2v) is 10.9. The maximum atomic E-state index is 12.2. The Morgan fingerprint density at radius 3 is 1.71 bits per heavy atom. The summed E-state index contributed by atoms with van der Waals surface area (Å²) in [6.07, 6.45) is 1.04. The van der Waals surface area contributed by atoms with Gasteiger partial charge in [-0.15, -0.1) is 0 Å². The van der Waals surface area contributed by atoms with E-state index in [9.17, 15) is 35.4 Å². The standard InChI is InChI=1S/C26H48O8/c1-16(2)9-6-10-17(3)11-7-12-18(4)13-8-14-19(5)15-20(27)34-26(33)24(31)22(29)21(28)23(30)25(26)32/h15-18,21-25,28-33H,6-14H2,1-5H3/b19-15+/t17-,18-,21-,22-,23+,24-,25-,26-/m1/s1. The molecular formula is C26H48O8. The Hall–Kier alpha value is -1.03. The van der Waals surface area contributed by atoms with Crippen molar-refractivity contribution >= 4 is 5.97 Å². The van der Waals surface area contributed by atoms with Crippen molar-refractivity contribution in [3.63, 3.8) is 0 Å². The monoisotopic (exact) mass is 488 g/mol. The highest BCUT2D eigenvalue weighted by molar-refractivity contribution is 5.83. The number of carbonyl (C=O) groups is 1. The van der Waals surface area contributed by atoms with Crippen molar-refractivity contribution < 1.29 is 40.2 Å². The van der Waals surface area contributed by atoms with Crippen molar-refractivity contribution in [2.75, 3.05) is 0 Å². The van der Waals surface area contributed by atoms with E-state index < -0.39 is 42.3 Å². The number of aliphatic hydroxyl groups excluding tert-OH is 5. The van der Waals surface area contributed by atoms with E-state index in [0.717, 1.165) is 30.8 Å². The van der Waals surface area contributed by atoms with E-state index in [1.165, 1.54) is 38.5 Å². The topological polar surface area (TPSA) is 148 Å². The molecule has 0 radical (unpaired) electrons. The molecule has 0 bridgehead atoms. The van der Waals surface area contributed by atoms with Crippen LogP contribution in [0.15, 0.2) is 11.6 Å². The zero-order chi connectivity index (χ0) is 26.1. The summed E-state index contributed by atoms with van der Waals surface area (Å²) >= 11 is 0. The quantitative estimate of drug-likeness (QED) is 0.124. The zero-order valence-electron chi connectivity index (χ0n) is 21.6. The summed E-state index contributed by atoms with van der Waals surface area (Å²) in [5.74, 6) is -1.83. The highest BCUT2D eigenvalue weighted by atomic mass is 16.7. The van der Waals surface area contributed by atoms with Crippen molar-refractivity contribution in [3.8, 4) is 0 Å². The highest BCUT2D eigenvalue weighted by Gasteiger charge is 2.60. The Morgan fingerprint density at radius 2 is 1.24 bits per heavy atom.